The zero-order chi connectivity index (χ0) is 21.8. The molecule has 7 nitrogen and oxygen atoms in total. The quantitative estimate of drug-likeness (QED) is 0.413. The molecule has 0 spiro atoms. The van der Waals surface area contributed by atoms with Crippen LogP contribution in [0.4, 0.5) is 5.69 Å². The van der Waals surface area contributed by atoms with E-state index in [0.717, 1.165) is 11.1 Å². The Morgan fingerprint density at radius 1 is 0.677 bits per heavy atom. The number of allylic oxidation sites excluding steroid dienone is 2. The molecule has 7 heteroatoms. The molecule has 0 fully saturated rings. The number of carbonyl (C=O) groups is 2. The van der Waals surface area contributed by atoms with E-state index in [4.69, 9.17) is 9.47 Å². The normalized spacial score (nSPS) is 13.0. The van der Waals surface area contributed by atoms with Crippen molar-refractivity contribution < 1.29 is 24.0 Å². The Labute approximate surface area is 177 Å². The average molecular weight is 415 g/mol. The van der Waals surface area contributed by atoms with Crippen molar-refractivity contribution in [1.29, 1.82) is 0 Å². The van der Waals surface area contributed by atoms with E-state index in [1.54, 1.807) is 12.1 Å². The second-order valence-electron chi connectivity index (χ2n) is 6.82. The summed E-state index contributed by atoms with van der Waals surface area (Å²) in [6, 6.07) is 22.1. The summed E-state index contributed by atoms with van der Waals surface area (Å²) >= 11 is 0. The minimum absolute atomic E-state index is 0.00333. The summed E-state index contributed by atoms with van der Waals surface area (Å²) < 4.78 is 11.4. The number of nitro benzene ring substituents is 1. The van der Waals surface area contributed by atoms with Gasteiger partial charge in [0.25, 0.3) is 5.69 Å². The van der Waals surface area contributed by atoms with E-state index in [1.807, 2.05) is 48.5 Å². The number of hydrogen-bond donors (Lipinski definition) is 0. The van der Waals surface area contributed by atoms with Crippen molar-refractivity contribution in [3.8, 4) is 0 Å². The molecular formula is C24H17NO6. The zero-order valence-corrected chi connectivity index (χ0v) is 16.3. The van der Waals surface area contributed by atoms with Gasteiger partial charge in [0.1, 0.15) is 18.8 Å². The maximum atomic E-state index is 13.2. The van der Waals surface area contributed by atoms with Crippen LogP contribution in [0.1, 0.15) is 31.8 Å². The van der Waals surface area contributed by atoms with Crippen LogP contribution >= 0.6 is 0 Å². The molecule has 31 heavy (non-hydrogen) atoms. The van der Waals surface area contributed by atoms with Crippen LogP contribution in [0.25, 0.3) is 0 Å². The fourth-order valence-corrected chi connectivity index (χ4v) is 3.28. The van der Waals surface area contributed by atoms with Crippen molar-refractivity contribution in [2.75, 3.05) is 0 Å². The van der Waals surface area contributed by atoms with Gasteiger partial charge >= 0.3 is 0 Å². The number of nitro groups is 1. The molecule has 0 N–H and O–H groups in total. The first kappa shape index (κ1) is 20.0. The fraction of sp³-hybridized carbons (Fsp3) is 0.0833. The Bertz CT molecular complexity index is 1190. The molecule has 0 amide bonds. The molecule has 0 aromatic heterocycles. The summed E-state index contributed by atoms with van der Waals surface area (Å²) in [5.41, 5.74) is 0.759. The molecule has 0 unspecified atom stereocenters. The molecule has 0 atom stereocenters. The van der Waals surface area contributed by atoms with Gasteiger partial charge in [-0.3, -0.25) is 19.7 Å². The third-order valence-corrected chi connectivity index (χ3v) is 4.78. The van der Waals surface area contributed by atoms with Crippen LogP contribution in [0.3, 0.4) is 0 Å². The number of fused-ring (bicyclic) bond motifs is 1. The summed E-state index contributed by atoms with van der Waals surface area (Å²) in [6.45, 7) is 0.0427. The molecule has 4 rings (SSSR count). The smallest absolute Gasteiger partial charge is 0.281 e. The lowest BCUT2D eigenvalue weighted by molar-refractivity contribution is -0.385. The third kappa shape index (κ3) is 4.06. The van der Waals surface area contributed by atoms with Gasteiger partial charge in [0, 0.05) is 11.6 Å². The standard InChI is InChI=1S/C24H17NO6/c26-21-18-12-7-13-19(25(28)29)20(18)22(27)24(31-15-17-10-5-2-6-11-17)23(21)30-14-16-8-3-1-4-9-16/h1-13H,14-15H2. The summed E-state index contributed by atoms with van der Waals surface area (Å²) in [4.78, 5) is 37.1. The van der Waals surface area contributed by atoms with Gasteiger partial charge in [0.05, 0.1) is 4.92 Å². The van der Waals surface area contributed by atoms with Gasteiger partial charge in [0.2, 0.25) is 23.1 Å². The Morgan fingerprint density at radius 2 is 1.19 bits per heavy atom. The Hall–Kier alpha value is -4.26. The topological polar surface area (TPSA) is 95.7 Å². The number of nitrogens with zero attached hydrogens (tertiary/aromatic N) is 1. The maximum absolute atomic E-state index is 13.2. The molecule has 0 bridgehead atoms. The molecule has 0 saturated carbocycles. The van der Waals surface area contributed by atoms with Crippen LogP contribution in [-0.4, -0.2) is 16.5 Å². The van der Waals surface area contributed by atoms with Gasteiger partial charge in [-0.25, -0.2) is 0 Å². The number of rotatable bonds is 7. The van der Waals surface area contributed by atoms with Gasteiger partial charge in [-0.15, -0.1) is 0 Å². The lowest BCUT2D eigenvalue weighted by Crippen LogP contribution is -2.26. The second kappa shape index (κ2) is 8.62. The van der Waals surface area contributed by atoms with E-state index in [2.05, 4.69) is 0 Å². The Balaban J connectivity index is 1.73. The van der Waals surface area contributed by atoms with Gasteiger partial charge in [-0.1, -0.05) is 66.7 Å². The Kier molecular flexibility index (Phi) is 5.57. The van der Waals surface area contributed by atoms with E-state index < -0.39 is 22.2 Å². The van der Waals surface area contributed by atoms with Crippen LogP contribution in [0, 0.1) is 10.1 Å². The highest BCUT2D eigenvalue weighted by Gasteiger charge is 2.40. The zero-order valence-electron chi connectivity index (χ0n) is 16.3. The van der Waals surface area contributed by atoms with Crippen molar-refractivity contribution >= 4 is 17.3 Å². The van der Waals surface area contributed by atoms with Gasteiger partial charge in [0.15, 0.2) is 0 Å². The number of carbonyl (C=O) groups excluding carboxylic acids is 2. The van der Waals surface area contributed by atoms with Crippen LogP contribution in [-0.2, 0) is 22.7 Å². The van der Waals surface area contributed by atoms with Crippen LogP contribution < -0.4 is 0 Å². The third-order valence-electron chi connectivity index (χ3n) is 4.78. The van der Waals surface area contributed by atoms with Crippen LogP contribution in [0.5, 0.6) is 0 Å². The number of Topliss-reactive ketones (excluding diaryl/α,β-unsaturated/α-hetero) is 2. The predicted octanol–water partition coefficient (Wildman–Crippen LogP) is 4.62. The first-order valence-corrected chi connectivity index (χ1v) is 9.51. The lowest BCUT2D eigenvalue weighted by Gasteiger charge is -2.21. The van der Waals surface area contributed by atoms with Gasteiger partial charge in [-0.05, 0) is 17.2 Å². The SMILES string of the molecule is O=C1C(OCc2ccccc2)=C(OCc2ccccc2)C(=O)c2c1cccc2[N+](=O)[O-]. The highest BCUT2D eigenvalue weighted by molar-refractivity contribution is 6.26. The van der Waals surface area contributed by atoms with Crippen molar-refractivity contribution in [3.63, 3.8) is 0 Å². The summed E-state index contributed by atoms with van der Waals surface area (Å²) in [5, 5.41) is 11.5. The molecule has 1 aliphatic rings. The van der Waals surface area contributed by atoms with Gasteiger partial charge in [-0.2, -0.15) is 0 Å². The molecule has 0 aliphatic heterocycles. The molecular weight excluding hydrogens is 398 g/mol. The number of ketones is 2. The monoisotopic (exact) mass is 415 g/mol. The molecule has 3 aromatic rings. The van der Waals surface area contributed by atoms with Crippen molar-refractivity contribution in [1.82, 2.24) is 0 Å². The van der Waals surface area contributed by atoms with Crippen molar-refractivity contribution in [3.05, 3.63) is 123 Å². The van der Waals surface area contributed by atoms with E-state index >= 15 is 0 Å². The summed E-state index contributed by atoms with van der Waals surface area (Å²) in [5.74, 6) is -1.96. The van der Waals surface area contributed by atoms with Gasteiger partial charge < -0.3 is 9.47 Å². The molecule has 0 heterocycles. The first-order valence-electron chi connectivity index (χ1n) is 9.51. The van der Waals surface area contributed by atoms with Crippen LogP contribution in [0.2, 0.25) is 0 Å². The number of hydrogen-bond acceptors (Lipinski definition) is 6. The van der Waals surface area contributed by atoms with E-state index in [1.165, 1.54) is 18.2 Å². The summed E-state index contributed by atoms with van der Waals surface area (Å²) in [6.07, 6.45) is 0. The van der Waals surface area contributed by atoms with Crippen LogP contribution in [0.15, 0.2) is 90.4 Å². The first-order chi connectivity index (χ1) is 15.1. The minimum atomic E-state index is -0.749. The molecule has 0 saturated heterocycles. The van der Waals surface area contributed by atoms with Crippen molar-refractivity contribution in [2.24, 2.45) is 0 Å². The van der Waals surface area contributed by atoms with E-state index in [-0.39, 0.29) is 35.9 Å². The predicted molar refractivity (Wildman–Crippen MR) is 111 cm³/mol. The fourth-order valence-electron chi connectivity index (χ4n) is 3.28. The highest BCUT2D eigenvalue weighted by Crippen LogP contribution is 2.34. The second-order valence-corrected chi connectivity index (χ2v) is 6.82. The molecule has 3 aromatic carbocycles. The van der Waals surface area contributed by atoms with E-state index in [0.29, 0.717) is 0 Å². The summed E-state index contributed by atoms with van der Waals surface area (Å²) in [7, 11) is 0. The average Bonchev–Trinajstić information content (AvgIpc) is 2.80. The largest absolute Gasteiger partial charge is 0.481 e. The number of ether oxygens (including phenoxy) is 2. The van der Waals surface area contributed by atoms with Crippen molar-refractivity contribution in [2.45, 2.75) is 13.2 Å². The lowest BCUT2D eigenvalue weighted by atomic mass is 9.90. The Morgan fingerprint density at radius 3 is 1.71 bits per heavy atom. The molecule has 154 valence electrons. The minimum Gasteiger partial charge on any atom is -0.481 e. The van der Waals surface area contributed by atoms with E-state index in [9.17, 15) is 19.7 Å². The number of benzene rings is 3. The molecule has 0 radical (unpaired) electrons. The maximum Gasteiger partial charge on any atom is 0.281 e. The highest BCUT2D eigenvalue weighted by atomic mass is 16.6. The molecule has 1 aliphatic carbocycles.